The molecule has 0 aliphatic rings. The third-order valence-corrected chi connectivity index (χ3v) is 3.70. The Bertz CT molecular complexity index is 718. The predicted octanol–water partition coefficient (Wildman–Crippen LogP) is 3.82. The van der Waals surface area contributed by atoms with Crippen molar-refractivity contribution in [3.8, 4) is 0 Å². The minimum Gasteiger partial charge on any atom is -0.324 e. The lowest BCUT2D eigenvalue weighted by Gasteiger charge is -2.23. The number of amides is 2. The number of halogens is 1. The fourth-order valence-corrected chi connectivity index (χ4v) is 2.37. The molecule has 1 atom stereocenters. The van der Waals surface area contributed by atoms with Crippen LogP contribution in [0.2, 0.25) is 0 Å². The number of benzene rings is 2. The van der Waals surface area contributed by atoms with Crippen molar-refractivity contribution in [1.82, 2.24) is 0 Å². The summed E-state index contributed by atoms with van der Waals surface area (Å²) < 4.78 is 0. The molecule has 0 aromatic heterocycles. The van der Waals surface area contributed by atoms with Crippen LogP contribution in [0.3, 0.4) is 0 Å². The van der Waals surface area contributed by atoms with Crippen molar-refractivity contribution in [1.29, 1.82) is 0 Å². The fourth-order valence-electron chi connectivity index (χ4n) is 2.37. The maximum atomic E-state index is 12.3. The molecular weight excluding hydrogens is 338 g/mol. The van der Waals surface area contributed by atoms with Crippen LogP contribution in [0.15, 0.2) is 54.6 Å². The molecule has 0 fully saturated rings. The summed E-state index contributed by atoms with van der Waals surface area (Å²) >= 11 is 0. The monoisotopic (exact) mass is 361 g/mol. The van der Waals surface area contributed by atoms with E-state index in [9.17, 15) is 9.59 Å². The van der Waals surface area contributed by atoms with Gasteiger partial charge in [-0.3, -0.25) is 9.59 Å². The lowest BCUT2D eigenvalue weighted by molar-refractivity contribution is -0.120. The first-order chi connectivity index (χ1) is 11.4. The van der Waals surface area contributed by atoms with Gasteiger partial charge in [-0.25, -0.2) is 0 Å². The van der Waals surface area contributed by atoms with Crippen LogP contribution >= 0.6 is 12.4 Å². The molecule has 4 N–H and O–H groups in total. The van der Waals surface area contributed by atoms with Crippen molar-refractivity contribution >= 4 is 35.6 Å². The van der Waals surface area contributed by atoms with E-state index in [4.69, 9.17) is 5.73 Å². The third-order valence-electron chi connectivity index (χ3n) is 3.70. The predicted molar refractivity (Wildman–Crippen MR) is 104 cm³/mol. The molecule has 2 amide bonds. The summed E-state index contributed by atoms with van der Waals surface area (Å²) in [6.07, 6.45) is 1.43. The van der Waals surface area contributed by atoms with Crippen molar-refractivity contribution in [2.75, 3.05) is 10.6 Å². The Labute approximate surface area is 154 Å². The van der Waals surface area contributed by atoms with Gasteiger partial charge < -0.3 is 16.4 Å². The summed E-state index contributed by atoms with van der Waals surface area (Å²) in [5, 5.41) is 5.62. The Kier molecular flexibility index (Phi) is 7.61. The first kappa shape index (κ1) is 20.7. The molecule has 2 rings (SSSR count). The van der Waals surface area contributed by atoms with Crippen LogP contribution in [0.1, 0.15) is 37.0 Å². The van der Waals surface area contributed by atoms with Gasteiger partial charge in [0.15, 0.2) is 0 Å². The molecule has 0 heterocycles. The minimum absolute atomic E-state index is 0. The highest BCUT2D eigenvalue weighted by atomic mass is 35.5. The highest BCUT2D eigenvalue weighted by Crippen LogP contribution is 2.18. The highest BCUT2D eigenvalue weighted by Gasteiger charge is 2.27. The number of nitrogens with two attached hydrogens (primary N) is 1. The van der Waals surface area contributed by atoms with Crippen LogP contribution in [0, 0.1) is 0 Å². The first-order valence-corrected chi connectivity index (χ1v) is 7.99. The van der Waals surface area contributed by atoms with Crippen molar-refractivity contribution < 1.29 is 9.59 Å². The van der Waals surface area contributed by atoms with E-state index in [1.165, 1.54) is 0 Å². The number of carbonyl (C=O) groups excluding carboxylic acids is 2. The van der Waals surface area contributed by atoms with Gasteiger partial charge in [0.25, 0.3) is 5.91 Å². The summed E-state index contributed by atoms with van der Waals surface area (Å²) in [5.41, 5.74) is 6.89. The van der Waals surface area contributed by atoms with Crippen molar-refractivity contribution in [2.45, 2.75) is 32.2 Å². The van der Waals surface area contributed by atoms with Crippen molar-refractivity contribution in [2.24, 2.45) is 5.73 Å². The Morgan fingerprint density at radius 2 is 1.60 bits per heavy atom. The summed E-state index contributed by atoms with van der Waals surface area (Å²) in [4.78, 5) is 24.4. The van der Waals surface area contributed by atoms with Gasteiger partial charge in [0, 0.05) is 16.9 Å². The third kappa shape index (κ3) is 5.89. The molecule has 0 saturated heterocycles. The molecule has 134 valence electrons. The van der Waals surface area contributed by atoms with Gasteiger partial charge in [-0.05, 0) is 43.7 Å². The lowest BCUT2D eigenvalue weighted by Crippen LogP contribution is -2.48. The second kappa shape index (κ2) is 9.20. The van der Waals surface area contributed by atoms with E-state index in [2.05, 4.69) is 10.6 Å². The van der Waals surface area contributed by atoms with E-state index in [-0.39, 0.29) is 24.2 Å². The molecule has 5 nitrogen and oxygen atoms in total. The van der Waals surface area contributed by atoms with Gasteiger partial charge in [-0.2, -0.15) is 0 Å². The van der Waals surface area contributed by atoms with E-state index < -0.39 is 5.54 Å². The van der Waals surface area contributed by atoms with Crippen molar-refractivity contribution in [3.05, 3.63) is 60.2 Å². The summed E-state index contributed by atoms with van der Waals surface area (Å²) in [5.74, 6) is -0.440. The van der Waals surface area contributed by atoms with Gasteiger partial charge in [0.05, 0.1) is 5.54 Å². The lowest BCUT2D eigenvalue weighted by atomic mass is 9.96. The largest absolute Gasteiger partial charge is 0.324 e. The van der Waals surface area contributed by atoms with E-state index >= 15 is 0 Å². The van der Waals surface area contributed by atoms with E-state index in [0.717, 1.165) is 6.42 Å². The normalized spacial score (nSPS) is 12.4. The molecule has 2 aromatic carbocycles. The molecule has 2 aromatic rings. The molecule has 6 heteroatoms. The molecule has 25 heavy (non-hydrogen) atoms. The van der Waals surface area contributed by atoms with Gasteiger partial charge in [0.1, 0.15) is 0 Å². The first-order valence-electron chi connectivity index (χ1n) is 7.99. The fraction of sp³-hybridized carbons (Fsp3) is 0.263. The molecule has 0 aliphatic heterocycles. The van der Waals surface area contributed by atoms with Crippen LogP contribution in [-0.4, -0.2) is 17.4 Å². The Morgan fingerprint density at radius 3 is 2.20 bits per heavy atom. The number of anilines is 2. The van der Waals surface area contributed by atoms with Crippen LogP contribution in [-0.2, 0) is 4.79 Å². The van der Waals surface area contributed by atoms with Gasteiger partial charge >= 0.3 is 0 Å². The standard InChI is InChI=1S/C19H23N3O2.ClH/c1-3-12-19(2,20)18(24)22-16-11-7-10-15(13-16)21-17(23)14-8-5-4-6-9-14;/h4-11,13H,3,12,20H2,1-2H3,(H,21,23)(H,22,24);1H. The van der Waals surface area contributed by atoms with Crippen LogP contribution in [0.4, 0.5) is 11.4 Å². The van der Waals surface area contributed by atoms with E-state index in [1.807, 2.05) is 13.0 Å². The van der Waals surface area contributed by atoms with Gasteiger partial charge in [-0.1, -0.05) is 37.6 Å². The Hall–Kier alpha value is -2.37. The van der Waals surface area contributed by atoms with E-state index in [0.29, 0.717) is 23.4 Å². The zero-order chi connectivity index (χ0) is 17.6. The second-order valence-electron chi connectivity index (χ2n) is 6.02. The maximum absolute atomic E-state index is 12.3. The Morgan fingerprint density at radius 1 is 1.00 bits per heavy atom. The Balaban J connectivity index is 0.00000312. The van der Waals surface area contributed by atoms with Crippen LogP contribution < -0.4 is 16.4 Å². The highest BCUT2D eigenvalue weighted by molar-refractivity contribution is 6.05. The molecule has 0 spiro atoms. The minimum atomic E-state index is -0.919. The molecule has 0 aliphatic carbocycles. The molecular formula is C19H24ClN3O2. The molecule has 0 bridgehead atoms. The summed E-state index contributed by atoms with van der Waals surface area (Å²) in [6, 6.07) is 16.0. The van der Waals surface area contributed by atoms with Crippen molar-refractivity contribution in [3.63, 3.8) is 0 Å². The van der Waals surface area contributed by atoms with Crippen LogP contribution in [0.5, 0.6) is 0 Å². The number of hydrogen-bond donors (Lipinski definition) is 3. The summed E-state index contributed by atoms with van der Waals surface area (Å²) in [7, 11) is 0. The average Bonchev–Trinajstić information content (AvgIpc) is 2.56. The quantitative estimate of drug-likeness (QED) is 0.731. The maximum Gasteiger partial charge on any atom is 0.255 e. The summed E-state index contributed by atoms with van der Waals surface area (Å²) in [6.45, 7) is 3.70. The van der Waals surface area contributed by atoms with Crippen LogP contribution in [0.25, 0.3) is 0 Å². The van der Waals surface area contributed by atoms with Gasteiger partial charge in [-0.15, -0.1) is 12.4 Å². The zero-order valence-corrected chi connectivity index (χ0v) is 15.2. The zero-order valence-electron chi connectivity index (χ0n) is 14.4. The number of hydrogen-bond acceptors (Lipinski definition) is 3. The molecule has 0 radical (unpaired) electrons. The molecule has 1 unspecified atom stereocenters. The number of carbonyl (C=O) groups is 2. The topological polar surface area (TPSA) is 84.2 Å². The smallest absolute Gasteiger partial charge is 0.255 e. The second-order valence-corrected chi connectivity index (χ2v) is 6.02. The number of nitrogens with one attached hydrogen (secondary N) is 2. The van der Waals surface area contributed by atoms with E-state index in [1.54, 1.807) is 55.5 Å². The SMILES string of the molecule is CCCC(C)(N)C(=O)Nc1cccc(NC(=O)c2ccccc2)c1.Cl. The van der Waals surface area contributed by atoms with Gasteiger partial charge in [0.2, 0.25) is 5.91 Å². The number of rotatable bonds is 6. The average molecular weight is 362 g/mol. The molecule has 0 saturated carbocycles.